The van der Waals surface area contributed by atoms with E-state index in [4.69, 9.17) is 0 Å². The Balaban J connectivity index is 1.40. The first kappa shape index (κ1) is 19.2. The molecule has 0 aromatic heterocycles. The minimum Gasteiger partial charge on any atom is -0.378 e. The maximum Gasteiger partial charge on any atom is 0.230 e. The van der Waals surface area contributed by atoms with Crippen molar-refractivity contribution in [1.82, 2.24) is 0 Å². The first-order chi connectivity index (χ1) is 13.0. The third kappa shape index (κ3) is 5.44. The van der Waals surface area contributed by atoms with Gasteiger partial charge in [0.25, 0.3) is 0 Å². The minimum atomic E-state index is -0.203. The molecule has 6 heteroatoms. The van der Waals surface area contributed by atoms with Crippen molar-refractivity contribution in [3.63, 3.8) is 0 Å². The van der Waals surface area contributed by atoms with Gasteiger partial charge in [-0.1, -0.05) is 0 Å². The molecule has 0 unspecified atom stereocenters. The fourth-order valence-electron chi connectivity index (χ4n) is 3.34. The Kier molecular flexibility index (Phi) is 6.29. The zero-order valence-corrected chi connectivity index (χ0v) is 16.0. The predicted octanol–water partition coefficient (Wildman–Crippen LogP) is 1.63. The fourth-order valence-corrected chi connectivity index (χ4v) is 3.34. The number of rotatable bonds is 6. The number of quaternary nitrogens is 1. The molecule has 0 spiro atoms. The van der Waals surface area contributed by atoms with Gasteiger partial charge in [0.2, 0.25) is 5.91 Å². The Morgan fingerprint density at radius 2 is 1.70 bits per heavy atom. The number of carbonyl (C=O) groups is 1. The van der Waals surface area contributed by atoms with Crippen molar-refractivity contribution in [1.29, 1.82) is 0 Å². The average molecular weight is 371 g/mol. The lowest BCUT2D eigenvalue weighted by Crippen LogP contribution is -3.15. The second-order valence-corrected chi connectivity index (χ2v) is 7.20. The van der Waals surface area contributed by atoms with Crippen molar-refractivity contribution in [3.8, 4) is 0 Å². The standard InChI is InChI=1S/C21H27FN4O/c1-24(2)19-9-5-18(6-10-19)23-21(27)11-12-25-13-15-26(16-14-25)20-7-3-17(22)4-8-20/h3-10H,11-16H2,1-2H3,(H,23,27)/p+1. The molecule has 1 aliphatic rings. The molecule has 2 aromatic carbocycles. The molecule has 0 aliphatic carbocycles. The van der Waals surface area contributed by atoms with Crippen molar-refractivity contribution in [3.05, 3.63) is 54.3 Å². The molecule has 0 radical (unpaired) electrons. The van der Waals surface area contributed by atoms with Gasteiger partial charge in [-0.2, -0.15) is 0 Å². The van der Waals surface area contributed by atoms with Gasteiger partial charge in [0.1, 0.15) is 5.82 Å². The lowest BCUT2D eigenvalue weighted by molar-refractivity contribution is -0.900. The van der Waals surface area contributed by atoms with E-state index in [0.717, 1.165) is 49.8 Å². The molecular weight excluding hydrogens is 343 g/mol. The van der Waals surface area contributed by atoms with Crippen LogP contribution in [0.15, 0.2) is 48.5 Å². The topological polar surface area (TPSA) is 40.0 Å². The van der Waals surface area contributed by atoms with Crippen LogP contribution in [0.3, 0.4) is 0 Å². The molecule has 27 heavy (non-hydrogen) atoms. The van der Waals surface area contributed by atoms with Crippen LogP contribution in [0.25, 0.3) is 0 Å². The highest BCUT2D eigenvalue weighted by Crippen LogP contribution is 2.16. The van der Waals surface area contributed by atoms with Crippen LogP contribution in [0.5, 0.6) is 0 Å². The predicted molar refractivity (Wildman–Crippen MR) is 108 cm³/mol. The van der Waals surface area contributed by atoms with E-state index >= 15 is 0 Å². The molecule has 144 valence electrons. The van der Waals surface area contributed by atoms with Gasteiger partial charge in [-0.05, 0) is 48.5 Å². The Hall–Kier alpha value is -2.60. The van der Waals surface area contributed by atoms with Crippen LogP contribution in [0.4, 0.5) is 21.5 Å². The third-order valence-corrected chi connectivity index (χ3v) is 5.04. The lowest BCUT2D eigenvalue weighted by Gasteiger charge is -2.33. The van der Waals surface area contributed by atoms with E-state index in [9.17, 15) is 9.18 Å². The van der Waals surface area contributed by atoms with Crippen LogP contribution in [0.1, 0.15) is 6.42 Å². The molecule has 5 nitrogen and oxygen atoms in total. The fraction of sp³-hybridized carbons (Fsp3) is 0.381. The molecule has 0 saturated carbocycles. The number of benzene rings is 2. The van der Waals surface area contributed by atoms with Gasteiger partial charge in [0.05, 0.1) is 39.1 Å². The number of piperazine rings is 1. The second-order valence-electron chi connectivity index (χ2n) is 7.20. The molecule has 0 atom stereocenters. The summed E-state index contributed by atoms with van der Waals surface area (Å²) in [6, 6.07) is 14.5. The van der Waals surface area contributed by atoms with Gasteiger partial charge in [-0.3, -0.25) is 4.79 Å². The van der Waals surface area contributed by atoms with E-state index in [1.54, 1.807) is 0 Å². The molecule has 0 bridgehead atoms. The molecule has 1 amide bonds. The molecule has 1 heterocycles. The highest BCUT2D eigenvalue weighted by molar-refractivity contribution is 5.90. The van der Waals surface area contributed by atoms with Crippen LogP contribution in [-0.2, 0) is 4.79 Å². The van der Waals surface area contributed by atoms with E-state index in [1.807, 2.05) is 55.4 Å². The maximum absolute atomic E-state index is 13.0. The Morgan fingerprint density at radius 1 is 1.07 bits per heavy atom. The van der Waals surface area contributed by atoms with Gasteiger partial charge in [0.15, 0.2) is 0 Å². The van der Waals surface area contributed by atoms with Crippen molar-refractivity contribution < 1.29 is 14.1 Å². The summed E-state index contributed by atoms with van der Waals surface area (Å²) in [7, 11) is 3.98. The van der Waals surface area contributed by atoms with Crippen molar-refractivity contribution in [2.45, 2.75) is 6.42 Å². The van der Waals surface area contributed by atoms with Crippen molar-refractivity contribution in [2.24, 2.45) is 0 Å². The largest absolute Gasteiger partial charge is 0.378 e. The number of hydrogen-bond acceptors (Lipinski definition) is 3. The van der Waals surface area contributed by atoms with E-state index in [-0.39, 0.29) is 11.7 Å². The van der Waals surface area contributed by atoms with Crippen LogP contribution < -0.4 is 20.0 Å². The second kappa shape index (κ2) is 8.86. The smallest absolute Gasteiger partial charge is 0.230 e. The molecular formula is C21H28FN4O+. The van der Waals surface area contributed by atoms with Crippen LogP contribution in [0, 0.1) is 5.82 Å². The van der Waals surface area contributed by atoms with E-state index in [0.29, 0.717) is 6.42 Å². The number of hydrogen-bond donors (Lipinski definition) is 2. The van der Waals surface area contributed by atoms with Crippen LogP contribution in [0.2, 0.25) is 0 Å². The third-order valence-electron chi connectivity index (χ3n) is 5.04. The van der Waals surface area contributed by atoms with Crippen LogP contribution in [-0.4, -0.2) is 52.7 Å². The maximum atomic E-state index is 13.0. The van der Waals surface area contributed by atoms with E-state index in [2.05, 4.69) is 10.2 Å². The SMILES string of the molecule is CN(C)c1ccc(NC(=O)CC[NH+]2CCN(c3ccc(F)cc3)CC2)cc1. The van der Waals surface area contributed by atoms with E-state index in [1.165, 1.54) is 17.0 Å². The number of halogens is 1. The van der Waals surface area contributed by atoms with Crippen molar-refractivity contribution in [2.75, 3.05) is 61.9 Å². The summed E-state index contributed by atoms with van der Waals surface area (Å²) < 4.78 is 13.0. The molecule has 1 saturated heterocycles. The molecule has 1 aliphatic heterocycles. The summed E-state index contributed by atoms with van der Waals surface area (Å²) in [5.41, 5.74) is 3.01. The summed E-state index contributed by atoms with van der Waals surface area (Å²) in [5, 5.41) is 2.97. The molecule has 2 aromatic rings. The number of anilines is 3. The Bertz CT molecular complexity index is 738. The quantitative estimate of drug-likeness (QED) is 0.811. The number of nitrogens with zero attached hydrogens (tertiary/aromatic N) is 2. The van der Waals surface area contributed by atoms with Crippen LogP contribution >= 0.6 is 0 Å². The van der Waals surface area contributed by atoms with Gasteiger partial charge >= 0.3 is 0 Å². The molecule has 3 rings (SSSR count). The normalized spacial score (nSPS) is 14.9. The number of carbonyl (C=O) groups excluding carboxylic acids is 1. The number of amides is 1. The Morgan fingerprint density at radius 3 is 2.30 bits per heavy atom. The summed E-state index contributed by atoms with van der Waals surface area (Å²) in [6.45, 7) is 4.66. The first-order valence-electron chi connectivity index (χ1n) is 9.42. The van der Waals surface area contributed by atoms with E-state index < -0.39 is 0 Å². The van der Waals surface area contributed by atoms with Gasteiger partial charge in [-0.15, -0.1) is 0 Å². The molecule has 1 fully saturated rings. The zero-order valence-electron chi connectivity index (χ0n) is 16.0. The average Bonchev–Trinajstić information content (AvgIpc) is 2.68. The summed E-state index contributed by atoms with van der Waals surface area (Å²) >= 11 is 0. The first-order valence-corrected chi connectivity index (χ1v) is 9.42. The molecule has 2 N–H and O–H groups in total. The van der Waals surface area contributed by atoms with Gasteiger partial charge in [-0.25, -0.2) is 4.39 Å². The zero-order chi connectivity index (χ0) is 19.2. The van der Waals surface area contributed by atoms with Crippen molar-refractivity contribution >= 4 is 23.0 Å². The number of nitrogens with one attached hydrogen (secondary N) is 2. The summed E-state index contributed by atoms with van der Waals surface area (Å²) in [4.78, 5) is 17.9. The van der Waals surface area contributed by atoms with Gasteiger partial charge in [0, 0.05) is 31.2 Å². The Labute approximate surface area is 160 Å². The summed E-state index contributed by atoms with van der Waals surface area (Å²) in [5.74, 6) is -0.147. The minimum absolute atomic E-state index is 0.0565. The monoisotopic (exact) mass is 371 g/mol. The van der Waals surface area contributed by atoms with Gasteiger partial charge < -0.3 is 20.0 Å². The highest BCUT2D eigenvalue weighted by atomic mass is 19.1. The summed E-state index contributed by atoms with van der Waals surface area (Å²) in [6.07, 6.45) is 0.515. The lowest BCUT2D eigenvalue weighted by atomic mass is 10.2. The highest BCUT2D eigenvalue weighted by Gasteiger charge is 2.20.